The summed E-state index contributed by atoms with van der Waals surface area (Å²) in [4.78, 5) is 14.2. The number of hydrogen-bond acceptors (Lipinski definition) is 5. The minimum absolute atomic E-state index is 0.141. The number of quaternary nitrogens is 1. The Balaban J connectivity index is 1.21. The molecule has 2 bridgehead atoms. The highest BCUT2D eigenvalue weighted by molar-refractivity contribution is 7.10. The summed E-state index contributed by atoms with van der Waals surface area (Å²) in [6.45, 7) is 4.81. The molecule has 0 amide bonds. The molecule has 3 saturated heterocycles. The first-order chi connectivity index (χ1) is 17.6. The van der Waals surface area contributed by atoms with Crippen LogP contribution in [0, 0.1) is 5.92 Å². The maximum Gasteiger partial charge on any atom is 0.344 e. The number of ether oxygens (including phenoxy) is 2. The molecule has 1 aromatic heterocycles. The number of fused-ring (bicyclic) bond motifs is 3. The first kappa shape index (κ1) is 25.0. The number of esters is 1. The molecule has 0 radical (unpaired) electrons. The largest absolute Gasteiger partial charge is 0.493 e. The van der Waals surface area contributed by atoms with Crippen LogP contribution in [0.2, 0.25) is 0 Å². The highest BCUT2D eigenvalue weighted by Gasteiger charge is 2.50. The topological polar surface area (TPSA) is 55.8 Å². The Morgan fingerprint density at radius 1 is 1.00 bits per heavy atom. The number of piperidine rings is 3. The van der Waals surface area contributed by atoms with Crippen molar-refractivity contribution in [3.05, 3.63) is 88.6 Å². The van der Waals surface area contributed by atoms with Crippen LogP contribution >= 0.6 is 11.3 Å². The summed E-state index contributed by atoms with van der Waals surface area (Å²) in [7, 11) is 0. The van der Waals surface area contributed by atoms with Crippen LogP contribution in [-0.2, 0) is 21.6 Å². The van der Waals surface area contributed by atoms with Crippen LogP contribution in [-0.4, -0.2) is 54.4 Å². The number of thiophene rings is 1. The minimum atomic E-state index is -1.62. The van der Waals surface area contributed by atoms with E-state index in [2.05, 4.69) is 0 Å². The van der Waals surface area contributed by atoms with E-state index in [4.69, 9.17) is 9.47 Å². The van der Waals surface area contributed by atoms with Gasteiger partial charge in [-0.2, -0.15) is 0 Å². The molecule has 3 aliphatic heterocycles. The predicted molar refractivity (Wildman–Crippen MR) is 142 cm³/mol. The van der Waals surface area contributed by atoms with E-state index in [0.29, 0.717) is 30.2 Å². The summed E-state index contributed by atoms with van der Waals surface area (Å²) in [5, 5.41) is 13.6. The van der Waals surface area contributed by atoms with Gasteiger partial charge >= 0.3 is 5.97 Å². The third kappa shape index (κ3) is 5.66. The lowest BCUT2D eigenvalue weighted by Gasteiger charge is -2.52. The molecule has 1 unspecified atom stereocenters. The van der Waals surface area contributed by atoms with Gasteiger partial charge in [-0.1, -0.05) is 54.6 Å². The van der Waals surface area contributed by atoms with Gasteiger partial charge in [0.25, 0.3) is 0 Å². The van der Waals surface area contributed by atoms with E-state index >= 15 is 0 Å². The van der Waals surface area contributed by atoms with Crippen molar-refractivity contribution in [3.8, 4) is 5.75 Å². The fourth-order valence-electron chi connectivity index (χ4n) is 5.82. The number of carbonyl (C=O) groups excluding carboxylic acids is 1. The van der Waals surface area contributed by atoms with Gasteiger partial charge < -0.3 is 19.1 Å². The van der Waals surface area contributed by atoms with Gasteiger partial charge in [-0.3, -0.25) is 0 Å². The average Bonchev–Trinajstić information content (AvgIpc) is 3.48. The van der Waals surface area contributed by atoms with E-state index in [1.54, 1.807) is 0 Å². The Bertz CT molecular complexity index is 1100. The molecule has 2 atom stereocenters. The van der Waals surface area contributed by atoms with E-state index in [9.17, 15) is 9.90 Å². The molecular weight excluding hydrogens is 470 g/mol. The number of carbonyl (C=O) groups is 1. The monoisotopic (exact) mass is 506 g/mol. The second-order valence-electron chi connectivity index (χ2n) is 10.3. The predicted octanol–water partition coefficient (Wildman–Crippen LogP) is 5.19. The maximum absolute atomic E-state index is 13.6. The fourth-order valence-corrected chi connectivity index (χ4v) is 6.66. The van der Waals surface area contributed by atoms with Crippen molar-refractivity contribution in [2.75, 3.05) is 32.8 Å². The summed E-state index contributed by atoms with van der Waals surface area (Å²) in [6.07, 6.45) is 3.89. The molecule has 0 spiro atoms. The lowest BCUT2D eigenvalue weighted by molar-refractivity contribution is -0.946. The van der Waals surface area contributed by atoms with Gasteiger partial charge in [-0.15, -0.1) is 11.3 Å². The Morgan fingerprint density at radius 2 is 1.72 bits per heavy atom. The molecule has 3 aliphatic rings. The first-order valence-corrected chi connectivity index (χ1v) is 14.0. The van der Waals surface area contributed by atoms with Gasteiger partial charge in [0.1, 0.15) is 12.3 Å². The number of aliphatic hydroxyl groups is 1. The van der Waals surface area contributed by atoms with Crippen LogP contribution in [0.3, 0.4) is 0 Å². The number of benzene rings is 2. The van der Waals surface area contributed by atoms with E-state index in [1.165, 1.54) is 11.3 Å². The van der Waals surface area contributed by atoms with Crippen molar-refractivity contribution < 1.29 is 23.9 Å². The van der Waals surface area contributed by atoms with Crippen LogP contribution in [0.15, 0.2) is 78.2 Å². The zero-order valence-electron chi connectivity index (χ0n) is 20.8. The molecule has 5 nitrogen and oxygen atoms in total. The molecule has 4 heterocycles. The number of para-hydroxylation sites is 1. The Hall–Kier alpha value is -2.67. The summed E-state index contributed by atoms with van der Waals surface area (Å²) < 4.78 is 13.1. The van der Waals surface area contributed by atoms with Crippen LogP contribution in [0.1, 0.15) is 36.1 Å². The zero-order chi connectivity index (χ0) is 24.8. The third-order valence-corrected chi connectivity index (χ3v) is 8.99. The van der Waals surface area contributed by atoms with Crippen LogP contribution in [0.25, 0.3) is 0 Å². The van der Waals surface area contributed by atoms with Crippen molar-refractivity contribution in [3.63, 3.8) is 0 Å². The lowest BCUT2D eigenvalue weighted by atomic mass is 9.82. The van der Waals surface area contributed by atoms with Crippen LogP contribution in [0.4, 0.5) is 0 Å². The molecule has 1 N–H and O–H groups in total. The molecule has 3 fully saturated rings. The molecule has 6 rings (SSSR count). The molecule has 3 aromatic rings. The third-order valence-electron chi connectivity index (χ3n) is 7.97. The Labute approximate surface area is 217 Å². The normalized spacial score (nSPS) is 24.7. The van der Waals surface area contributed by atoms with Crippen molar-refractivity contribution in [1.82, 2.24) is 0 Å². The van der Waals surface area contributed by atoms with Gasteiger partial charge in [0, 0.05) is 30.1 Å². The molecule has 6 heteroatoms. The summed E-state index contributed by atoms with van der Waals surface area (Å²) in [5.41, 5.74) is -0.518. The standard InChI is InChI=1S/C30H36NO4S/c32-29(30(33,28-13-7-22-36-28)17-14-24-9-3-1-4-10-24)35-27-23-31(19-15-25(27)16-20-31)18-8-21-34-26-11-5-2-6-12-26/h1-7,9-13,22,25,27,33H,8,14-21,23H2/q+1/t25?,27-,30?,31?/m0/s1. The maximum atomic E-state index is 13.6. The minimum Gasteiger partial charge on any atom is -0.493 e. The first-order valence-electron chi connectivity index (χ1n) is 13.1. The van der Waals surface area contributed by atoms with Crippen molar-refractivity contribution >= 4 is 17.3 Å². The second kappa shape index (κ2) is 11.2. The van der Waals surface area contributed by atoms with E-state index in [0.717, 1.165) is 61.2 Å². The lowest BCUT2D eigenvalue weighted by Crippen LogP contribution is -2.65. The fraction of sp³-hybridized carbons (Fsp3) is 0.433. The second-order valence-corrected chi connectivity index (χ2v) is 11.3. The Kier molecular flexibility index (Phi) is 7.75. The molecule has 36 heavy (non-hydrogen) atoms. The summed E-state index contributed by atoms with van der Waals surface area (Å²) >= 11 is 1.41. The number of rotatable bonds is 11. The molecule has 2 aromatic carbocycles. The number of hydrogen-bond donors (Lipinski definition) is 1. The average molecular weight is 507 g/mol. The highest BCUT2D eigenvalue weighted by Crippen LogP contribution is 2.38. The smallest absolute Gasteiger partial charge is 0.344 e. The SMILES string of the molecule is O=C(O[C@H]1C[N+]2(CCCOc3ccccc3)CCC1CC2)C(O)(CCc1ccccc1)c1cccs1. The van der Waals surface area contributed by atoms with Crippen molar-refractivity contribution in [2.45, 2.75) is 43.8 Å². The van der Waals surface area contributed by atoms with Gasteiger partial charge in [-0.25, -0.2) is 4.79 Å². The molecule has 0 aliphatic carbocycles. The van der Waals surface area contributed by atoms with E-state index in [1.807, 2.05) is 78.2 Å². The molecular formula is C30H36NO4S+. The number of aryl methyl sites for hydroxylation is 1. The quantitative estimate of drug-likeness (QED) is 0.221. The molecule has 190 valence electrons. The number of nitrogens with zero attached hydrogens (tertiary/aromatic N) is 1. The van der Waals surface area contributed by atoms with Crippen LogP contribution < -0.4 is 4.74 Å². The highest BCUT2D eigenvalue weighted by atomic mass is 32.1. The van der Waals surface area contributed by atoms with Gasteiger partial charge in [-0.05, 0) is 42.0 Å². The van der Waals surface area contributed by atoms with Gasteiger partial charge in [0.2, 0.25) is 0 Å². The molecule has 0 saturated carbocycles. The van der Waals surface area contributed by atoms with E-state index < -0.39 is 11.6 Å². The van der Waals surface area contributed by atoms with Crippen molar-refractivity contribution in [1.29, 1.82) is 0 Å². The van der Waals surface area contributed by atoms with Crippen LogP contribution in [0.5, 0.6) is 5.75 Å². The van der Waals surface area contributed by atoms with Crippen molar-refractivity contribution in [2.24, 2.45) is 5.92 Å². The van der Waals surface area contributed by atoms with Gasteiger partial charge in [0.05, 0.1) is 26.2 Å². The van der Waals surface area contributed by atoms with E-state index in [-0.39, 0.29) is 6.10 Å². The summed E-state index contributed by atoms with van der Waals surface area (Å²) in [5.74, 6) is 0.798. The van der Waals surface area contributed by atoms with Gasteiger partial charge in [0.15, 0.2) is 11.7 Å². The zero-order valence-corrected chi connectivity index (χ0v) is 21.6. The summed E-state index contributed by atoms with van der Waals surface area (Å²) in [6, 6.07) is 23.7. The Morgan fingerprint density at radius 3 is 2.42 bits per heavy atom.